The van der Waals surface area contributed by atoms with Crippen LogP contribution in [0.2, 0.25) is 0 Å². The highest BCUT2D eigenvalue weighted by molar-refractivity contribution is 5.97. The van der Waals surface area contributed by atoms with Crippen molar-refractivity contribution in [2.75, 3.05) is 0 Å². The molecule has 136 valence electrons. The summed E-state index contributed by atoms with van der Waals surface area (Å²) >= 11 is 0. The van der Waals surface area contributed by atoms with E-state index in [2.05, 4.69) is 16.0 Å². The first kappa shape index (κ1) is 17.5. The Labute approximate surface area is 163 Å². The van der Waals surface area contributed by atoms with Crippen LogP contribution >= 0.6 is 0 Å². The van der Waals surface area contributed by atoms with Crippen molar-refractivity contribution in [3.63, 3.8) is 0 Å². The normalized spacial score (nSPS) is 12.0. The highest BCUT2D eigenvalue weighted by Crippen LogP contribution is 2.25. The summed E-state index contributed by atoms with van der Waals surface area (Å²) in [6, 6.07) is 21.8. The van der Waals surface area contributed by atoms with Gasteiger partial charge >= 0.3 is 0 Å². The molecule has 1 aliphatic heterocycles. The first-order valence-corrected chi connectivity index (χ1v) is 8.94. The third-order valence-corrected chi connectivity index (χ3v) is 4.54. The molecule has 0 aliphatic carbocycles. The minimum atomic E-state index is -0.158. The van der Waals surface area contributed by atoms with Gasteiger partial charge in [0.05, 0.1) is 0 Å². The van der Waals surface area contributed by atoms with E-state index < -0.39 is 0 Å². The Bertz CT molecular complexity index is 1110. The average Bonchev–Trinajstić information content (AvgIpc) is 3.36. The minimum absolute atomic E-state index is 0.158. The van der Waals surface area contributed by atoms with Gasteiger partial charge in [0.25, 0.3) is 5.91 Å². The van der Waals surface area contributed by atoms with E-state index in [0.29, 0.717) is 24.3 Å². The van der Waals surface area contributed by atoms with Gasteiger partial charge in [-0.05, 0) is 17.2 Å². The molecule has 2 aromatic carbocycles. The first-order valence-electron chi connectivity index (χ1n) is 8.94. The third-order valence-electron chi connectivity index (χ3n) is 4.54. The van der Waals surface area contributed by atoms with E-state index in [9.17, 15) is 4.79 Å². The largest absolute Gasteiger partial charge is 0.329 e. The average molecular weight is 366 g/mol. The lowest BCUT2D eigenvalue weighted by molar-refractivity contribution is 0.0745. The second-order valence-corrected chi connectivity index (χ2v) is 6.34. The van der Waals surface area contributed by atoms with Crippen LogP contribution in [0, 0.1) is 12.3 Å². The zero-order chi connectivity index (χ0) is 19.3. The second kappa shape index (κ2) is 7.77. The summed E-state index contributed by atoms with van der Waals surface area (Å²) in [4.78, 5) is 18.8. The minimum Gasteiger partial charge on any atom is -0.329 e. The van der Waals surface area contributed by atoms with Crippen LogP contribution in [0.4, 0.5) is 0 Å². The van der Waals surface area contributed by atoms with Gasteiger partial charge in [-0.15, -0.1) is 6.42 Å². The molecule has 0 N–H and O–H groups in total. The van der Waals surface area contributed by atoms with Crippen LogP contribution in [-0.4, -0.2) is 25.4 Å². The molecule has 0 fully saturated rings. The maximum atomic E-state index is 12.8. The number of carbonyl (C=O) groups excluding carboxylic acids is 1. The van der Waals surface area contributed by atoms with E-state index in [-0.39, 0.29) is 11.6 Å². The SMILES string of the molecule is C#Cc1c(C(=O)N2Cc3ccccc3C2)nn2cccnc12.c1ccccc1. The van der Waals surface area contributed by atoms with Crippen molar-refractivity contribution in [3.05, 3.63) is 102 Å². The van der Waals surface area contributed by atoms with Gasteiger partial charge in [-0.1, -0.05) is 66.6 Å². The van der Waals surface area contributed by atoms with Crippen LogP contribution in [0.3, 0.4) is 0 Å². The number of hydrogen-bond donors (Lipinski definition) is 0. The molecule has 0 saturated carbocycles. The summed E-state index contributed by atoms with van der Waals surface area (Å²) in [7, 11) is 0. The smallest absolute Gasteiger partial charge is 0.276 e. The molecule has 0 unspecified atom stereocenters. The number of benzene rings is 2. The highest BCUT2D eigenvalue weighted by atomic mass is 16.2. The first-order chi connectivity index (χ1) is 13.8. The number of aromatic nitrogens is 3. The summed E-state index contributed by atoms with van der Waals surface area (Å²) in [5, 5.41) is 4.31. The molecule has 1 amide bonds. The number of rotatable bonds is 1. The van der Waals surface area contributed by atoms with Gasteiger partial charge in [0.2, 0.25) is 0 Å². The summed E-state index contributed by atoms with van der Waals surface area (Å²) < 4.78 is 1.55. The molecule has 1 aliphatic rings. The van der Waals surface area contributed by atoms with E-state index in [4.69, 9.17) is 6.42 Å². The van der Waals surface area contributed by atoms with E-state index in [0.717, 1.165) is 0 Å². The molecule has 4 aromatic rings. The molecule has 28 heavy (non-hydrogen) atoms. The Kier molecular flexibility index (Phi) is 4.85. The fourth-order valence-electron chi connectivity index (χ4n) is 3.18. The Balaban J connectivity index is 0.000000275. The van der Waals surface area contributed by atoms with Crippen molar-refractivity contribution in [1.29, 1.82) is 0 Å². The monoisotopic (exact) mass is 366 g/mol. The number of amides is 1. The van der Waals surface area contributed by atoms with Crippen molar-refractivity contribution >= 4 is 11.6 Å². The number of carbonyl (C=O) groups is 1. The van der Waals surface area contributed by atoms with Crippen molar-refractivity contribution in [2.24, 2.45) is 0 Å². The molecule has 5 rings (SSSR count). The van der Waals surface area contributed by atoms with Gasteiger partial charge in [0.15, 0.2) is 11.3 Å². The van der Waals surface area contributed by atoms with Crippen molar-refractivity contribution in [2.45, 2.75) is 13.1 Å². The molecule has 0 saturated heterocycles. The molecule has 0 atom stereocenters. The quantitative estimate of drug-likeness (QED) is 0.484. The van der Waals surface area contributed by atoms with Gasteiger partial charge in [-0.25, -0.2) is 9.50 Å². The maximum Gasteiger partial charge on any atom is 0.276 e. The van der Waals surface area contributed by atoms with E-state index in [1.54, 1.807) is 27.9 Å². The summed E-state index contributed by atoms with van der Waals surface area (Å²) in [6.07, 6.45) is 8.94. The number of fused-ring (bicyclic) bond motifs is 2. The number of hydrogen-bond acceptors (Lipinski definition) is 3. The Hall–Kier alpha value is -3.91. The van der Waals surface area contributed by atoms with Crippen LogP contribution in [0.1, 0.15) is 27.2 Å². The maximum absolute atomic E-state index is 12.8. The van der Waals surface area contributed by atoms with E-state index >= 15 is 0 Å². The van der Waals surface area contributed by atoms with Crippen LogP contribution < -0.4 is 0 Å². The predicted molar refractivity (Wildman–Crippen MR) is 107 cm³/mol. The molecule has 5 heteroatoms. The molecular weight excluding hydrogens is 348 g/mol. The lowest BCUT2D eigenvalue weighted by Gasteiger charge is -2.13. The van der Waals surface area contributed by atoms with Crippen molar-refractivity contribution in [1.82, 2.24) is 19.5 Å². The van der Waals surface area contributed by atoms with Crippen molar-refractivity contribution < 1.29 is 4.79 Å². The van der Waals surface area contributed by atoms with Crippen LogP contribution in [0.25, 0.3) is 5.65 Å². The molecule has 2 aromatic heterocycles. The number of nitrogens with zero attached hydrogens (tertiary/aromatic N) is 4. The van der Waals surface area contributed by atoms with Gasteiger partial charge in [0.1, 0.15) is 5.56 Å². The molecule has 0 radical (unpaired) electrons. The summed E-state index contributed by atoms with van der Waals surface area (Å²) in [5.74, 6) is 2.39. The van der Waals surface area contributed by atoms with Gasteiger partial charge < -0.3 is 4.90 Å². The third kappa shape index (κ3) is 3.36. The van der Waals surface area contributed by atoms with Crippen molar-refractivity contribution in [3.8, 4) is 12.3 Å². The van der Waals surface area contributed by atoms with Crippen LogP contribution in [0.15, 0.2) is 79.1 Å². The lowest BCUT2D eigenvalue weighted by Crippen LogP contribution is -2.26. The summed E-state index contributed by atoms with van der Waals surface area (Å²) in [6.45, 7) is 1.17. The molecular formula is C23H18N4O. The summed E-state index contributed by atoms with van der Waals surface area (Å²) in [5.41, 5.74) is 3.60. The predicted octanol–water partition coefficient (Wildman–Crippen LogP) is 3.55. The zero-order valence-corrected chi connectivity index (χ0v) is 15.2. The zero-order valence-electron chi connectivity index (χ0n) is 15.2. The molecule has 0 bridgehead atoms. The Morgan fingerprint density at radius 3 is 2.11 bits per heavy atom. The Morgan fingerprint density at radius 2 is 1.54 bits per heavy atom. The van der Waals surface area contributed by atoms with E-state index in [1.807, 2.05) is 60.7 Å². The van der Waals surface area contributed by atoms with E-state index in [1.165, 1.54) is 11.1 Å². The topological polar surface area (TPSA) is 50.5 Å². The number of terminal acetylenes is 1. The van der Waals surface area contributed by atoms with Gasteiger partial charge in [-0.2, -0.15) is 5.10 Å². The lowest BCUT2D eigenvalue weighted by atomic mass is 10.1. The van der Waals surface area contributed by atoms with Gasteiger partial charge in [0, 0.05) is 25.5 Å². The fraction of sp³-hybridized carbons (Fsp3) is 0.0870. The molecule has 5 nitrogen and oxygen atoms in total. The van der Waals surface area contributed by atoms with Gasteiger partial charge in [-0.3, -0.25) is 4.79 Å². The molecule has 0 spiro atoms. The van der Waals surface area contributed by atoms with Crippen LogP contribution in [-0.2, 0) is 13.1 Å². The van der Waals surface area contributed by atoms with Crippen LogP contribution in [0.5, 0.6) is 0 Å². The standard InChI is InChI=1S/C17H12N4O.C6H6/c1-2-14-15(19-21-9-5-8-18-16(14)21)17(22)20-10-12-6-3-4-7-13(12)11-20;1-2-4-6-5-3-1/h1,3-9H,10-11H2;1-6H. The second-order valence-electron chi connectivity index (χ2n) is 6.34. The molecule has 3 heterocycles. The fourth-order valence-corrected chi connectivity index (χ4v) is 3.18. The highest BCUT2D eigenvalue weighted by Gasteiger charge is 2.28. The Morgan fingerprint density at radius 1 is 0.929 bits per heavy atom.